The van der Waals surface area contributed by atoms with Crippen LogP contribution in [0.15, 0.2) is 91.0 Å². The maximum Gasteiger partial charge on any atom is 0.292 e. The van der Waals surface area contributed by atoms with E-state index in [0.717, 1.165) is 11.1 Å². The van der Waals surface area contributed by atoms with E-state index in [-0.39, 0.29) is 16.7 Å². The summed E-state index contributed by atoms with van der Waals surface area (Å²) >= 11 is 0. The molecular formula is C21H18N2O2. The minimum Gasteiger partial charge on any atom is -0.369 e. The van der Waals surface area contributed by atoms with Gasteiger partial charge in [-0.25, -0.2) is 0 Å². The maximum atomic E-state index is 11.3. The van der Waals surface area contributed by atoms with Crippen LogP contribution in [0.4, 0.5) is 11.4 Å². The van der Waals surface area contributed by atoms with Crippen LogP contribution in [0.5, 0.6) is 0 Å². The molecule has 0 aliphatic carbocycles. The SMILES string of the molecule is O=[N+]([O-])c1ccccc1NC(/C=C/c1ccccc1)c1ccccc1. The van der Waals surface area contributed by atoms with Gasteiger partial charge < -0.3 is 5.32 Å². The molecule has 0 aliphatic heterocycles. The molecule has 25 heavy (non-hydrogen) atoms. The molecule has 1 unspecified atom stereocenters. The molecule has 3 aromatic carbocycles. The van der Waals surface area contributed by atoms with Crippen molar-refractivity contribution in [3.8, 4) is 0 Å². The van der Waals surface area contributed by atoms with E-state index in [1.165, 1.54) is 6.07 Å². The van der Waals surface area contributed by atoms with Crippen molar-refractivity contribution in [3.05, 3.63) is 112 Å². The van der Waals surface area contributed by atoms with E-state index in [1.807, 2.05) is 72.8 Å². The zero-order valence-corrected chi connectivity index (χ0v) is 13.6. The Kier molecular flexibility index (Phi) is 5.22. The van der Waals surface area contributed by atoms with Crippen molar-refractivity contribution in [1.82, 2.24) is 0 Å². The standard InChI is InChI=1S/C21H18N2O2/c24-23(25)21-14-8-7-13-20(21)22-19(18-11-5-2-6-12-18)16-15-17-9-3-1-4-10-17/h1-16,19,22H/b16-15+. The highest BCUT2D eigenvalue weighted by Gasteiger charge is 2.16. The van der Waals surface area contributed by atoms with E-state index in [1.54, 1.807) is 18.2 Å². The predicted octanol–water partition coefficient (Wildman–Crippen LogP) is 5.46. The van der Waals surface area contributed by atoms with Gasteiger partial charge in [-0.15, -0.1) is 0 Å². The Morgan fingerprint density at radius 2 is 1.44 bits per heavy atom. The molecule has 4 heteroatoms. The molecule has 0 saturated carbocycles. The summed E-state index contributed by atoms with van der Waals surface area (Å²) in [5.41, 5.74) is 2.68. The Hall–Kier alpha value is -3.40. The Morgan fingerprint density at radius 3 is 2.12 bits per heavy atom. The van der Waals surface area contributed by atoms with E-state index in [4.69, 9.17) is 0 Å². The van der Waals surface area contributed by atoms with Gasteiger partial charge in [0.15, 0.2) is 0 Å². The summed E-state index contributed by atoms with van der Waals surface area (Å²) in [7, 11) is 0. The molecular weight excluding hydrogens is 312 g/mol. The topological polar surface area (TPSA) is 55.2 Å². The second-order valence-corrected chi connectivity index (χ2v) is 5.58. The van der Waals surface area contributed by atoms with Crippen molar-refractivity contribution < 1.29 is 4.92 Å². The van der Waals surface area contributed by atoms with Crippen LogP contribution in [-0.2, 0) is 0 Å². The lowest BCUT2D eigenvalue weighted by Gasteiger charge is -2.17. The molecule has 0 bridgehead atoms. The first kappa shape index (κ1) is 16.5. The third-order valence-electron chi connectivity index (χ3n) is 3.85. The number of nitrogens with one attached hydrogen (secondary N) is 1. The first-order valence-electron chi connectivity index (χ1n) is 8.02. The fourth-order valence-corrected chi connectivity index (χ4v) is 2.60. The number of para-hydroxylation sites is 2. The van der Waals surface area contributed by atoms with E-state index >= 15 is 0 Å². The lowest BCUT2D eigenvalue weighted by Crippen LogP contribution is -2.09. The van der Waals surface area contributed by atoms with Gasteiger partial charge in [0.05, 0.1) is 11.0 Å². The quantitative estimate of drug-likeness (QED) is 0.482. The number of hydrogen-bond acceptors (Lipinski definition) is 3. The molecule has 0 fully saturated rings. The van der Waals surface area contributed by atoms with Gasteiger partial charge in [0.1, 0.15) is 5.69 Å². The fraction of sp³-hybridized carbons (Fsp3) is 0.0476. The zero-order valence-electron chi connectivity index (χ0n) is 13.6. The first-order valence-corrected chi connectivity index (χ1v) is 8.02. The van der Waals surface area contributed by atoms with Crippen LogP contribution in [0, 0.1) is 10.1 Å². The minimum absolute atomic E-state index is 0.0662. The van der Waals surface area contributed by atoms with Crippen molar-refractivity contribution in [1.29, 1.82) is 0 Å². The van der Waals surface area contributed by atoms with Crippen LogP contribution in [0.1, 0.15) is 17.2 Å². The summed E-state index contributed by atoms with van der Waals surface area (Å²) in [5.74, 6) is 0. The van der Waals surface area contributed by atoms with E-state index < -0.39 is 0 Å². The molecule has 0 saturated heterocycles. The average Bonchev–Trinajstić information content (AvgIpc) is 2.67. The Morgan fingerprint density at radius 1 is 0.840 bits per heavy atom. The second kappa shape index (κ2) is 7.93. The highest BCUT2D eigenvalue weighted by molar-refractivity contribution is 5.63. The molecule has 1 N–H and O–H groups in total. The average molecular weight is 330 g/mol. The normalized spacial score (nSPS) is 12.0. The largest absolute Gasteiger partial charge is 0.369 e. The Labute approximate surface area is 146 Å². The second-order valence-electron chi connectivity index (χ2n) is 5.58. The smallest absolute Gasteiger partial charge is 0.292 e. The van der Waals surface area contributed by atoms with Gasteiger partial charge >= 0.3 is 0 Å². The van der Waals surface area contributed by atoms with Gasteiger partial charge in [-0.3, -0.25) is 10.1 Å². The lowest BCUT2D eigenvalue weighted by atomic mass is 10.0. The van der Waals surface area contributed by atoms with Gasteiger partial charge in [-0.1, -0.05) is 84.9 Å². The van der Waals surface area contributed by atoms with Crippen LogP contribution in [0.25, 0.3) is 6.08 Å². The number of nitro benzene ring substituents is 1. The molecule has 0 spiro atoms. The summed E-state index contributed by atoms with van der Waals surface area (Å²) in [4.78, 5) is 10.9. The number of rotatable bonds is 6. The summed E-state index contributed by atoms with van der Waals surface area (Å²) in [6, 6.07) is 26.3. The molecule has 124 valence electrons. The van der Waals surface area contributed by atoms with Crippen molar-refractivity contribution in [2.24, 2.45) is 0 Å². The third-order valence-corrected chi connectivity index (χ3v) is 3.85. The summed E-state index contributed by atoms with van der Waals surface area (Å²) < 4.78 is 0. The fourth-order valence-electron chi connectivity index (χ4n) is 2.60. The van der Waals surface area contributed by atoms with E-state index in [9.17, 15) is 10.1 Å². The molecule has 4 nitrogen and oxygen atoms in total. The highest BCUT2D eigenvalue weighted by Crippen LogP contribution is 2.28. The molecule has 0 radical (unpaired) electrons. The minimum atomic E-state index is -0.370. The van der Waals surface area contributed by atoms with Crippen molar-refractivity contribution in [2.75, 3.05) is 5.32 Å². The highest BCUT2D eigenvalue weighted by atomic mass is 16.6. The summed E-state index contributed by atoms with van der Waals surface area (Å²) in [6.45, 7) is 0. The van der Waals surface area contributed by atoms with Crippen LogP contribution in [-0.4, -0.2) is 4.92 Å². The third kappa shape index (κ3) is 4.32. The number of benzene rings is 3. The Balaban J connectivity index is 1.93. The molecule has 0 amide bonds. The van der Waals surface area contributed by atoms with Crippen LogP contribution < -0.4 is 5.32 Å². The van der Waals surface area contributed by atoms with E-state index in [2.05, 4.69) is 5.32 Å². The predicted molar refractivity (Wildman–Crippen MR) is 101 cm³/mol. The van der Waals surface area contributed by atoms with E-state index in [0.29, 0.717) is 5.69 Å². The summed E-state index contributed by atoms with van der Waals surface area (Å²) in [5, 5.41) is 14.6. The first-order chi connectivity index (χ1) is 12.2. The molecule has 0 aromatic heterocycles. The Bertz CT molecular complexity index is 861. The van der Waals surface area contributed by atoms with Crippen molar-refractivity contribution in [2.45, 2.75) is 6.04 Å². The van der Waals surface area contributed by atoms with Crippen molar-refractivity contribution >= 4 is 17.5 Å². The van der Waals surface area contributed by atoms with Crippen LogP contribution in [0.2, 0.25) is 0 Å². The summed E-state index contributed by atoms with van der Waals surface area (Å²) in [6.07, 6.45) is 4.03. The van der Waals surface area contributed by atoms with Gasteiger partial charge in [0.2, 0.25) is 0 Å². The number of nitro groups is 1. The molecule has 3 aromatic rings. The van der Waals surface area contributed by atoms with Gasteiger partial charge in [-0.2, -0.15) is 0 Å². The number of nitrogens with zero attached hydrogens (tertiary/aromatic N) is 1. The maximum absolute atomic E-state index is 11.3. The van der Waals surface area contributed by atoms with Gasteiger partial charge in [-0.05, 0) is 17.2 Å². The lowest BCUT2D eigenvalue weighted by molar-refractivity contribution is -0.384. The monoisotopic (exact) mass is 330 g/mol. The molecule has 0 heterocycles. The molecule has 3 rings (SSSR count). The molecule has 1 atom stereocenters. The number of hydrogen-bond donors (Lipinski definition) is 1. The number of anilines is 1. The van der Waals surface area contributed by atoms with Crippen molar-refractivity contribution in [3.63, 3.8) is 0 Å². The van der Waals surface area contributed by atoms with Crippen LogP contribution >= 0.6 is 0 Å². The van der Waals surface area contributed by atoms with Gasteiger partial charge in [0, 0.05) is 6.07 Å². The van der Waals surface area contributed by atoms with Crippen LogP contribution in [0.3, 0.4) is 0 Å². The van der Waals surface area contributed by atoms with Gasteiger partial charge in [0.25, 0.3) is 5.69 Å². The molecule has 0 aliphatic rings. The zero-order chi connectivity index (χ0) is 17.5.